The van der Waals surface area contributed by atoms with Crippen molar-refractivity contribution < 1.29 is 19.7 Å². The van der Waals surface area contributed by atoms with Crippen molar-refractivity contribution in [2.24, 2.45) is 0 Å². The van der Waals surface area contributed by atoms with Gasteiger partial charge in [-0.3, -0.25) is 4.57 Å². The Balaban J connectivity index is 1.43. The van der Waals surface area contributed by atoms with Crippen molar-refractivity contribution in [1.82, 2.24) is 40.1 Å². The molecule has 13 nitrogen and oxygen atoms in total. The van der Waals surface area contributed by atoms with Gasteiger partial charge in [0.05, 0.1) is 19.0 Å². The molecule has 1 aliphatic heterocycles. The number of nitrogen functional groups attached to an aromatic ring is 1. The fourth-order valence-corrected chi connectivity index (χ4v) is 3.07. The summed E-state index contributed by atoms with van der Waals surface area (Å²) in [4.78, 5) is 12.8. The van der Waals surface area contributed by atoms with Crippen LogP contribution in [0.15, 0.2) is 6.33 Å². The molecule has 0 saturated carbocycles. The van der Waals surface area contributed by atoms with E-state index >= 15 is 0 Å². The molecule has 1 saturated heterocycles. The highest BCUT2D eigenvalue weighted by Gasteiger charge is 2.31. The SMILES string of the molecule is Cc1nc(N)c2ncn([C@H]3CC[C@@H](CO[C@@H](c4nn[nH]n4)C(O)O)O3)c2n1. The fraction of sp³-hybridized carbons (Fsp3) is 0.571. The lowest BCUT2D eigenvalue weighted by Gasteiger charge is -2.19. The van der Waals surface area contributed by atoms with Gasteiger partial charge in [0.1, 0.15) is 17.6 Å². The number of hydrogen-bond acceptors (Lipinski definition) is 11. The number of H-pyrrole nitrogens is 1. The van der Waals surface area contributed by atoms with Gasteiger partial charge in [0.25, 0.3) is 0 Å². The van der Waals surface area contributed by atoms with Crippen LogP contribution in [0.5, 0.6) is 0 Å². The average Bonchev–Trinajstić information content (AvgIpc) is 3.34. The number of aromatic amines is 1. The zero-order valence-electron chi connectivity index (χ0n) is 14.4. The Kier molecular flexibility index (Phi) is 4.65. The summed E-state index contributed by atoms with van der Waals surface area (Å²) in [7, 11) is 0. The second-order valence-electron chi connectivity index (χ2n) is 6.21. The summed E-state index contributed by atoms with van der Waals surface area (Å²) in [6.45, 7) is 1.90. The van der Waals surface area contributed by atoms with Crippen LogP contribution in [-0.4, -0.2) is 69.4 Å². The maximum Gasteiger partial charge on any atom is 0.208 e. The van der Waals surface area contributed by atoms with Gasteiger partial charge in [-0.1, -0.05) is 5.21 Å². The number of hydrogen-bond donors (Lipinski definition) is 4. The molecular weight excluding hydrogens is 358 g/mol. The second-order valence-corrected chi connectivity index (χ2v) is 6.21. The number of anilines is 1. The van der Waals surface area contributed by atoms with E-state index in [2.05, 4.69) is 35.6 Å². The summed E-state index contributed by atoms with van der Waals surface area (Å²) in [5.41, 5.74) is 7.04. The quantitative estimate of drug-likeness (QED) is 0.385. The van der Waals surface area contributed by atoms with E-state index in [1.54, 1.807) is 13.3 Å². The standard InChI is InChI=1S/C14H19N9O4/c1-6-17-11(15)9-13(18-6)23(5-16-9)8-3-2-7(27-8)4-26-10(14(24)25)12-19-21-22-20-12/h5,7-8,10,14,24-25H,2-4H2,1H3,(H2,15,17,18)(H,19,20,21,22)/t7-,8+,10-/m0/s1. The summed E-state index contributed by atoms with van der Waals surface area (Å²) >= 11 is 0. The lowest BCUT2D eigenvalue weighted by Crippen LogP contribution is -2.26. The molecule has 5 N–H and O–H groups in total. The molecule has 3 aromatic rings. The van der Waals surface area contributed by atoms with Gasteiger partial charge in [0.15, 0.2) is 23.9 Å². The highest BCUT2D eigenvalue weighted by molar-refractivity contribution is 5.81. The van der Waals surface area contributed by atoms with Crippen LogP contribution in [0.3, 0.4) is 0 Å². The Morgan fingerprint density at radius 3 is 3.00 bits per heavy atom. The molecule has 27 heavy (non-hydrogen) atoms. The van der Waals surface area contributed by atoms with Gasteiger partial charge in [0, 0.05) is 0 Å². The highest BCUT2D eigenvalue weighted by Crippen LogP contribution is 2.32. The Morgan fingerprint density at radius 1 is 1.41 bits per heavy atom. The number of ether oxygens (including phenoxy) is 2. The molecule has 13 heteroatoms. The van der Waals surface area contributed by atoms with Gasteiger partial charge < -0.3 is 25.4 Å². The van der Waals surface area contributed by atoms with Crippen LogP contribution in [0.25, 0.3) is 11.2 Å². The number of aliphatic hydroxyl groups excluding tert-OH is 1. The molecule has 0 unspecified atom stereocenters. The van der Waals surface area contributed by atoms with E-state index in [1.807, 2.05) is 4.57 Å². The zero-order chi connectivity index (χ0) is 19.0. The van der Waals surface area contributed by atoms with Gasteiger partial charge in [-0.2, -0.15) is 5.21 Å². The van der Waals surface area contributed by atoms with E-state index in [0.717, 1.165) is 6.42 Å². The first-order chi connectivity index (χ1) is 13.0. The molecule has 0 aliphatic carbocycles. The Hall–Kier alpha value is -2.74. The molecule has 3 atom stereocenters. The molecule has 0 radical (unpaired) electrons. The minimum Gasteiger partial charge on any atom is -0.382 e. The summed E-state index contributed by atoms with van der Waals surface area (Å²) in [5, 5.41) is 32.0. The lowest BCUT2D eigenvalue weighted by atomic mass is 10.2. The second kappa shape index (κ2) is 7.11. The highest BCUT2D eigenvalue weighted by atomic mass is 16.6. The van der Waals surface area contributed by atoms with Crippen molar-refractivity contribution in [1.29, 1.82) is 0 Å². The molecule has 1 fully saturated rings. The largest absolute Gasteiger partial charge is 0.382 e. The first-order valence-corrected chi connectivity index (χ1v) is 8.36. The van der Waals surface area contributed by atoms with E-state index in [4.69, 9.17) is 15.2 Å². The van der Waals surface area contributed by atoms with Gasteiger partial charge in [0.2, 0.25) is 5.82 Å². The molecule has 0 aromatic carbocycles. The molecule has 144 valence electrons. The topological polar surface area (TPSA) is 183 Å². The lowest BCUT2D eigenvalue weighted by molar-refractivity contribution is -0.165. The predicted octanol–water partition coefficient (Wildman–Crippen LogP) is -1.02. The van der Waals surface area contributed by atoms with Gasteiger partial charge in [-0.25, -0.2) is 15.0 Å². The molecular formula is C14H19N9O4. The maximum absolute atomic E-state index is 9.46. The van der Waals surface area contributed by atoms with E-state index in [0.29, 0.717) is 29.2 Å². The van der Waals surface area contributed by atoms with E-state index < -0.39 is 12.4 Å². The van der Waals surface area contributed by atoms with Crippen LogP contribution in [0.2, 0.25) is 0 Å². The Morgan fingerprint density at radius 2 is 2.26 bits per heavy atom. The number of aromatic nitrogens is 8. The third-order valence-electron chi connectivity index (χ3n) is 4.30. The van der Waals surface area contributed by atoms with Crippen LogP contribution in [0.1, 0.15) is 36.8 Å². The normalized spacial score (nSPS) is 21.3. The minimum absolute atomic E-state index is 0.0581. The van der Waals surface area contributed by atoms with Crippen LogP contribution in [-0.2, 0) is 9.47 Å². The van der Waals surface area contributed by atoms with E-state index in [1.165, 1.54) is 0 Å². The number of nitrogens with one attached hydrogen (secondary N) is 1. The van der Waals surface area contributed by atoms with Crippen LogP contribution < -0.4 is 5.73 Å². The van der Waals surface area contributed by atoms with Gasteiger partial charge >= 0.3 is 0 Å². The summed E-state index contributed by atoms with van der Waals surface area (Å²) < 4.78 is 13.4. The average molecular weight is 377 g/mol. The van der Waals surface area contributed by atoms with E-state index in [9.17, 15) is 10.2 Å². The molecule has 0 bridgehead atoms. The number of nitrogens with zero attached hydrogens (tertiary/aromatic N) is 7. The summed E-state index contributed by atoms with van der Waals surface area (Å²) in [6, 6.07) is 0. The number of nitrogens with two attached hydrogens (primary N) is 1. The third kappa shape index (κ3) is 3.44. The molecule has 3 aromatic heterocycles. The van der Waals surface area contributed by atoms with Crippen molar-refractivity contribution >= 4 is 17.0 Å². The zero-order valence-corrected chi connectivity index (χ0v) is 14.4. The Bertz CT molecular complexity index is 913. The number of aryl methyl sites for hydroxylation is 1. The number of rotatable bonds is 6. The van der Waals surface area contributed by atoms with Crippen LogP contribution in [0.4, 0.5) is 5.82 Å². The van der Waals surface area contributed by atoms with Crippen LogP contribution in [0, 0.1) is 6.92 Å². The summed E-state index contributed by atoms with van der Waals surface area (Å²) in [5.74, 6) is 0.941. The number of imidazole rings is 1. The number of fused-ring (bicyclic) bond motifs is 1. The maximum atomic E-state index is 9.46. The Labute approximate surface area is 152 Å². The number of tetrazole rings is 1. The fourth-order valence-electron chi connectivity index (χ4n) is 3.07. The smallest absolute Gasteiger partial charge is 0.208 e. The minimum atomic E-state index is -1.78. The van der Waals surface area contributed by atoms with E-state index in [-0.39, 0.29) is 24.8 Å². The van der Waals surface area contributed by atoms with Crippen molar-refractivity contribution in [3.63, 3.8) is 0 Å². The number of aliphatic hydroxyl groups is 2. The van der Waals surface area contributed by atoms with Crippen molar-refractivity contribution in [3.05, 3.63) is 18.0 Å². The first-order valence-electron chi connectivity index (χ1n) is 8.36. The molecule has 0 amide bonds. The molecule has 4 rings (SSSR count). The molecule has 0 spiro atoms. The first kappa shape index (κ1) is 17.7. The van der Waals surface area contributed by atoms with Crippen molar-refractivity contribution in [2.75, 3.05) is 12.3 Å². The molecule has 4 heterocycles. The third-order valence-corrected chi connectivity index (χ3v) is 4.30. The summed E-state index contributed by atoms with van der Waals surface area (Å²) in [6.07, 6.45) is -0.360. The van der Waals surface area contributed by atoms with Gasteiger partial charge in [-0.05, 0) is 19.8 Å². The van der Waals surface area contributed by atoms with Crippen LogP contribution >= 0.6 is 0 Å². The van der Waals surface area contributed by atoms with Gasteiger partial charge in [-0.15, -0.1) is 10.2 Å². The predicted molar refractivity (Wildman–Crippen MR) is 88.7 cm³/mol. The van der Waals surface area contributed by atoms with Crippen molar-refractivity contribution in [3.8, 4) is 0 Å². The monoisotopic (exact) mass is 377 g/mol. The van der Waals surface area contributed by atoms with Crippen molar-refractivity contribution in [2.45, 2.75) is 44.5 Å². The molecule has 1 aliphatic rings.